The third kappa shape index (κ3) is 5.82. The summed E-state index contributed by atoms with van der Waals surface area (Å²) in [5.74, 6) is -1.17. The van der Waals surface area contributed by atoms with E-state index in [0.717, 1.165) is 10.0 Å². The van der Waals surface area contributed by atoms with Crippen LogP contribution in [0.25, 0.3) is 6.08 Å². The molecule has 0 amide bonds. The number of ether oxygens (including phenoxy) is 3. The molecule has 2 aromatic rings. The monoisotopic (exact) mass is 516 g/mol. The van der Waals surface area contributed by atoms with Gasteiger partial charge in [-0.25, -0.2) is 9.59 Å². The van der Waals surface area contributed by atoms with Gasteiger partial charge in [0.2, 0.25) is 0 Å². The van der Waals surface area contributed by atoms with Gasteiger partial charge in [0.25, 0.3) is 0 Å². The van der Waals surface area contributed by atoms with Crippen molar-refractivity contribution in [2.75, 3.05) is 14.2 Å². The lowest BCUT2D eigenvalue weighted by Crippen LogP contribution is -2.15. The fourth-order valence-electron chi connectivity index (χ4n) is 2.20. The van der Waals surface area contributed by atoms with Crippen molar-refractivity contribution in [3.8, 4) is 5.75 Å². The molecule has 0 fully saturated rings. The van der Waals surface area contributed by atoms with Crippen LogP contribution in [0.15, 0.2) is 50.9 Å². The van der Waals surface area contributed by atoms with Crippen molar-refractivity contribution in [3.63, 3.8) is 0 Å². The molecule has 5 nitrogen and oxygen atoms in total. The van der Waals surface area contributed by atoms with E-state index in [2.05, 4.69) is 41.3 Å². The van der Waals surface area contributed by atoms with Gasteiger partial charge >= 0.3 is 11.9 Å². The van der Waals surface area contributed by atoms with Crippen LogP contribution in [0.2, 0.25) is 5.02 Å². The molecule has 0 bridgehead atoms. The van der Waals surface area contributed by atoms with Crippen LogP contribution in [-0.2, 0) is 25.7 Å². The SMILES string of the molecule is COC(=O)C(=Cc1cc(Br)cc(Br)c1OCc1cccc(Cl)c1)C(=O)OC. The number of carbonyl (C=O) groups is 2. The molecule has 0 aliphatic heterocycles. The summed E-state index contributed by atoms with van der Waals surface area (Å²) in [5, 5.41) is 0.602. The van der Waals surface area contributed by atoms with Gasteiger partial charge in [0.05, 0.1) is 18.7 Å². The zero-order valence-corrected chi connectivity index (χ0v) is 18.4. The first-order valence-corrected chi connectivity index (χ1v) is 9.56. The van der Waals surface area contributed by atoms with Crippen LogP contribution in [0.5, 0.6) is 5.75 Å². The van der Waals surface area contributed by atoms with E-state index in [-0.39, 0.29) is 12.2 Å². The minimum atomic E-state index is -0.807. The number of hydrogen-bond donors (Lipinski definition) is 0. The van der Waals surface area contributed by atoms with Gasteiger partial charge in [-0.2, -0.15) is 0 Å². The Morgan fingerprint density at radius 2 is 1.74 bits per heavy atom. The molecule has 0 radical (unpaired) electrons. The minimum Gasteiger partial charge on any atom is -0.487 e. The van der Waals surface area contributed by atoms with Crippen molar-refractivity contribution < 1.29 is 23.8 Å². The van der Waals surface area contributed by atoms with Crippen molar-refractivity contribution in [2.45, 2.75) is 6.61 Å². The molecular formula is C19H15Br2ClO5. The Morgan fingerprint density at radius 3 is 2.33 bits per heavy atom. The number of carbonyl (C=O) groups excluding carboxylic acids is 2. The summed E-state index contributed by atoms with van der Waals surface area (Å²) >= 11 is 12.8. The van der Waals surface area contributed by atoms with Gasteiger partial charge in [-0.1, -0.05) is 39.7 Å². The predicted octanol–water partition coefficient (Wildman–Crippen LogP) is 5.17. The van der Waals surface area contributed by atoms with E-state index in [1.54, 1.807) is 24.3 Å². The fourth-order valence-corrected chi connectivity index (χ4v) is 3.78. The van der Waals surface area contributed by atoms with E-state index >= 15 is 0 Å². The lowest BCUT2D eigenvalue weighted by Gasteiger charge is -2.13. The summed E-state index contributed by atoms with van der Waals surface area (Å²) in [5.41, 5.74) is 1.11. The summed E-state index contributed by atoms with van der Waals surface area (Å²) in [7, 11) is 2.37. The molecule has 0 saturated carbocycles. The second-order valence-corrected chi connectivity index (χ2v) is 7.47. The Balaban J connectivity index is 2.44. The molecule has 0 atom stereocenters. The first-order chi connectivity index (χ1) is 12.8. The highest BCUT2D eigenvalue weighted by Gasteiger charge is 2.21. The molecule has 0 heterocycles. The topological polar surface area (TPSA) is 61.8 Å². The Kier molecular flexibility index (Phi) is 7.89. The second kappa shape index (κ2) is 9.92. The van der Waals surface area contributed by atoms with Gasteiger partial charge < -0.3 is 14.2 Å². The van der Waals surface area contributed by atoms with Gasteiger partial charge in [0.1, 0.15) is 17.9 Å². The summed E-state index contributed by atoms with van der Waals surface area (Å²) in [6, 6.07) is 10.8. The van der Waals surface area contributed by atoms with Crippen LogP contribution in [0.4, 0.5) is 0 Å². The Morgan fingerprint density at radius 1 is 1.07 bits per heavy atom. The lowest BCUT2D eigenvalue weighted by atomic mass is 10.1. The maximum Gasteiger partial charge on any atom is 0.345 e. The molecule has 0 N–H and O–H groups in total. The van der Waals surface area contributed by atoms with Crippen molar-refractivity contribution in [2.24, 2.45) is 0 Å². The van der Waals surface area contributed by atoms with Crippen molar-refractivity contribution in [1.29, 1.82) is 0 Å². The molecule has 0 aliphatic rings. The largest absolute Gasteiger partial charge is 0.487 e. The lowest BCUT2D eigenvalue weighted by molar-refractivity contribution is -0.143. The fraction of sp³-hybridized carbons (Fsp3) is 0.158. The van der Waals surface area contributed by atoms with Crippen LogP contribution in [0.1, 0.15) is 11.1 Å². The predicted molar refractivity (Wildman–Crippen MR) is 110 cm³/mol. The van der Waals surface area contributed by atoms with Crippen molar-refractivity contribution in [1.82, 2.24) is 0 Å². The molecule has 142 valence electrons. The van der Waals surface area contributed by atoms with Gasteiger partial charge in [0, 0.05) is 15.1 Å². The van der Waals surface area contributed by atoms with E-state index in [9.17, 15) is 9.59 Å². The van der Waals surface area contributed by atoms with Crippen LogP contribution < -0.4 is 4.74 Å². The van der Waals surface area contributed by atoms with Gasteiger partial charge in [-0.3, -0.25) is 0 Å². The zero-order chi connectivity index (χ0) is 20.0. The molecule has 8 heteroatoms. The number of methoxy groups -OCH3 is 2. The zero-order valence-electron chi connectivity index (χ0n) is 14.4. The summed E-state index contributed by atoms with van der Waals surface area (Å²) in [6.45, 7) is 0.243. The Hall–Kier alpha value is -1.83. The number of rotatable bonds is 6. The second-order valence-electron chi connectivity index (χ2n) is 5.27. The molecule has 0 spiro atoms. The van der Waals surface area contributed by atoms with Crippen molar-refractivity contribution >= 4 is 61.5 Å². The molecular weight excluding hydrogens is 503 g/mol. The number of esters is 2. The Bertz CT molecular complexity index is 878. The third-order valence-electron chi connectivity index (χ3n) is 3.42. The molecule has 0 unspecified atom stereocenters. The summed E-state index contributed by atoms with van der Waals surface area (Å²) in [4.78, 5) is 23.9. The first kappa shape index (κ1) is 21.5. The summed E-state index contributed by atoms with van der Waals surface area (Å²) < 4.78 is 16.6. The molecule has 0 saturated heterocycles. The quantitative estimate of drug-likeness (QED) is 0.229. The van der Waals surface area contributed by atoms with Gasteiger partial charge in [0.15, 0.2) is 0 Å². The van der Waals surface area contributed by atoms with E-state index in [1.165, 1.54) is 20.3 Å². The van der Waals surface area contributed by atoms with Gasteiger partial charge in [-0.05, 0) is 51.8 Å². The Labute approximate surface area is 178 Å². The highest BCUT2D eigenvalue weighted by molar-refractivity contribution is 9.11. The van der Waals surface area contributed by atoms with Crippen LogP contribution in [0.3, 0.4) is 0 Å². The summed E-state index contributed by atoms with van der Waals surface area (Å²) in [6.07, 6.45) is 1.36. The minimum absolute atomic E-state index is 0.243. The highest BCUT2D eigenvalue weighted by Crippen LogP contribution is 2.35. The molecule has 0 aliphatic carbocycles. The molecule has 2 rings (SSSR count). The maximum atomic E-state index is 11.9. The van der Waals surface area contributed by atoms with E-state index in [1.807, 2.05) is 12.1 Å². The molecule has 27 heavy (non-hydrogen) atoms. The number of halogens is 3. The maximum absolute atomic E-state index is 11.9. The average Bonchev–Trinajstić information content (AvgIpc) is 2.64. The third-order valence-corrected chi connectivity index (χ3v) is 4.70. The standard InChI is InChI=1S/C19H15Br2ClO5/c1-25-18(23)15(19(24)26-2)8-12-7-13(20)9-16(21)17(12)27-10-11-4-3-5-14(22)6-11/h3-9H,10H2,1-2H3. The van der Waals surface area contributed by atoms with E-state index < -0.39 is 11.9 Å². The average molecular weight is 519 g/mol. The van der Waals surface area contributed by atoms with E-state index in [4.69, 9.17) is 16.3 Å². The highest BCUT2D eigenvalue weighted by atomic mass is 79.9. The van der Waals surface area contributed by atoms with Crippen LogP contribution in [-0.4, -0.2) is 26.2 Å². The first-order valence-electron chi connectivity index (χ1n) is 7.60. The van der Waals surface area contributed by atoms with E-state index in [0.29, 0.717) is 20.8 Å². The van der Waals surface area contributed by atoms with Gasteiger partial charge in [-0.15, -0.1) is 0 Å². The molecule has 2 aromatic carbocycles. The number of benzene rings is 2. The van der Waals surface area contributed by atoms with Crippen LogP contribution >= 0.6 is 43.5 Å². The molecule has 0 aromatic heterocycles. The number of hydrogen-bond acceptors (Lipinski definition) is 5. The van der Waals surface area contributed by atoms with Crippen LogP contribution in [0, 0.1) is 0 Å². The normalized spacial score (nSPS) is 10.1. The smallest absolute Gasteiger partial charge is 0.345 e. The van der Waals surface area contributed by atoms with Crippen molar-refractivity contribution in [3.05, 3.63) is 67.1 Å².